The van der Waals surface area contributed by atoms with Crippen LogP contribution in [0.1, 0.15) is 29.3 Å². The molecule has 0 bridgehead atoms. The lowest BCUT2D eigenvalue weighted by atomic mass is 10.1. The molecular formula is C19H22F4N4. The smallest absolute Gasteiger partial charge is 0.357 e. The molecule has 2 rings (SSSR count). The SMILES string of the molecule is CCNC(=NCc1ccc(F)cc1C(F)(F)F)NCCc1ccc(C)nc1. The zero-order chi connectivity index (χ0) is 19.9. The van der Waals surface area contributed by atoms with Crippen molar-refractivity contribution in [1.82, 2.24) is 15.6 Å². The first-order valence-electron chi connectivity index (χ1n) is 8.59. The van der Waals surface area contributed by atoms with Gasteiger partial charge < -0.3 is 10.6 Å². The summed E-state index contributed by atoms with van der Waals surface area (Å²) in [4.78, 5) is 8.41. The van der Waals surface area contributed by atoms with Crippen LogP contribution >= 0.6 is 0 Å². The van der Waals surface area contributed by atoms with Crippen molar-refractivity contribution in [2.75, 3.05) is 13.1 Å². The third-order valence-electron chi connectivity index (χ3n) is 3.81. The highest BCUT2D eigenvalue weighted by molar-refractivity contribution is 5.79. The Morgan fingerprint density at radius 3 is 2.56 bits per heavy atom. The topological polar surface area (TPSA) is 49.3 Å². The summed E-state index contributed by atoms with van der Waals surface area (Å²) in [5, 5.41) is 6.07. The van der Waals surface area contributed by atoms with Gasteiger partial charge in [0.2, 0.25) is 0 Å². The van der Waals surface area contributed by atoms with Crippen LogP contribution in [0.2, 0.25) is 0 Å². The van der Waals surface area contributed by atoms with Crippen LogP contribution in [0.15, 0.2) is 41.5 Å². The number of guanidine groups is 1. The second-order valence-corrected chi connectivity index (χ2v) is 5.98. The molecule has 0 aliphatic carbocycles. The first-order valence-corrected chi connectivity index (χ1v) is 8.59. The van der Waals surface area contributed by atoms with Crippen LogP contribution in [0.5, 0.6) is 0 Å². The molecule has 1 aromatic heterocycles. The molecule has 0 spiro atoms. The molecule has 1 heterocycles. The van der Waals surface area contributed by atoms with Crippen LogP contribution < -0.4 is 10.6 Å². The summed E-state index contributed by atoms with van der Waals surface area (Å²) in [6.07, 6.45) is -2.14. The molecule has 0 saturated carbocycles. The van der Waals surface area contributed by atoms with E-state index in [0.29, 0.717) is 31.5 Å². The highest BCUT2D eigenvalue weighted by Gasteiger charge is 2.33. The van der Waals surface area contributed by atoms with Crippen molar-refractivity contribution in [2.45, 2.75) is 33.0 Å². The number of aryl methyl sites for hydroxylation is 1. The standard InChI is InChI=1S/C19H22F4N4/c1-3-24-18(25-9-8-14-5-4-13(2)26-11-14)27-12-15-6-7-16(20)10-17(15)19(21,22)23/h4-7,10-11H,3,8-9,12H2,1-2H3,(H2,24,25,27). The van der Waals surface area contributed by atoms with E-state index in [9.17, 15) is 17.6 Å². The van der Waals surface area contributed by atoms with Crippen molar-refractivity contribution in [3.63, 3.8) is 0 Å². The fraction of sp³-hybridized carbons (Fsp3) is 0.368. The van der Waals surface area contributed by atoms with E-state index in [2.05, 4.69) is 20.6 Å². The Labute approximate surface area is 155 Å². The Balaban J connectivity index is 2.04. The van der Waals surface area contributed by atoms with Gasteiger partial charge in [-0.05, 0) is 49.6 Å². The molecule has 2 aromatic rings. The lowest BCUT2D eigenvalue weighted by Crippen LogP contribution is -2.38. The van der Waals surface area contributed by atoms with Crippen molar-refractivity contribution < 1.29 is 17.6 Å². The molecule has 146 valence electrons. The summed E-state index contributed by atoms with van der Waals surface area (Å²) in [6, 6.07) is 6.51. The van der Waals surface area contributed by atoms with E-state index in [0.717, 1.165) is 23.4 Å². The molecule has 0 unspecified atom stereocenters. The Morgan fingerprint density at radius 1 is 1.15 bits per heavy atom. The second kappa shape index (κ2) is 9.34. The number of nitrogens with zero attached hydrogens (tertiary/aromatic N) is 2. The normalized spacial score (nSPS) is 12.1. The average Bonchev–Trinajstić information content (AvgIpc) is 2.61. The zero-order valence-electron chi connectivity index (χ0n) is 15.2. The van der Waals surface area contributed by atoms with Gasteiger partial charge in [-0.25, -0.2) is 9.38 Å². The number of hydrogen-bond donors (Lipinski definition) is 2. The maximum atomic E-state index is 13.2. The minimum absolute atomic E-state index is 0.0798. The lowest BCUT2D eigenvalue weighted by Gasteiger charge is -2.14. The quantitative estimate of drug-likeness (QED) is 0.453. The van der Waals surface area contributed by atoms with Crippen molar-refractivity contribution in [1.29, 1.82) is 0 Å². The Morgan fingerprint density at radius 2 is 1.93 bits per heavy atom. The van der Waals surface area contributed by atoms with Crippen molar-refractivity contribution in [3.05, 3.63) is 64.7 Å². The van der Waals surface area contributed by atoms with Crippen LogP contribution in [0.3, 0.4) is 0 Å². The van der Waals surface area contributed by atoms with Gasteiger partial charge in [-0.3, -0.25) is 4.98 Å². The predicted molar refractivity (Wildman–Crippen MR) is 96.9 cm³/mol. The fourth-order valence-electron chi connectivity index (χ4n) is 2.43. The van der Waals surface area contributed by atoms with Gasteiger partial charge in [-0.15, -0.1) is 0 Å². The summed E-state index contributed by atoms with van der Waals surface area (Å²) in [7, 11) is 0. The van der Waals surface area contributed by atoms with Gasteiger partial charge in [-0.1, -0.05) is 12.1 Å². The molecule has 2 N–H and O–H groups in total. The Hall–Kier alpha value is -2.64. The van der Waals surface area contributed by atoms with E-state index < -0.39 is 17.6 Å². The molecule has 0 amide bonds. The number of rotatable bonds is 6. The first-order chi connectivity index (χ1) is 12.8. The van der Waals surface area contributed by atoms with Crippen molar-refractivity contribution in [2.24, 2.45) is 4.99 Å². The van der Waals surface area contributed by atoms with Crippen LogP contribution in [0, 0.1) is 12.7 Å². The van der Waals surface area contributed by atoms with Crippen molar-refractivity contribution in [3.8, 4) is 0 Å². The Kier molecular flexibility index (Phi) is 7.15. The number of benzene rings is 1. The van der Waals surface area contributed by atoms with E-state index in [4.69, 9.17) is 0 Å². The van der Waals surface area contributed by atoms with Crippen LogP contribution in [-0.2, 0) is 19.1 Å². The highest BCUT2D eigenvalue weighted by Crippen LogP contribution is 2.32. The monoisotopic (exact) mass is 382 g/mol. The maximum Gasteiger partial charge on any atom is 0.416 e. The van der Waals surface area contributed by atoms with Gasteiger partial charge in [0.15, 0.2) is 5.96 Å². The minimum atomic E-state index is -4.63. The average molecular weight is 382 g/mol. The fourth-order valence-corrected chi connectivity index (χ4v) is 2.43. The van der Waals surface area contributed by atoms with E-state index >= 15 is 0 Å². The van der Waals surface area contributed by atoms with E-state index in [1.165, 1.54) is 0 Å². The number of aromatic nitrogens is 1. The number of aliphatic imine (C=N–C) groups is 1. The highest BCUT2D eigenvalue weighted by atomic mass is 19.4. The summed E-state index contributed by atoms with van der Waals surface area (Å²) >= 11 is 0. The molecule has 0 aliphatic heterocycles. The summed E-state index contributed by atoms with van der Waals surface area (Å²) < 4.78 is 52.4. The van der Waals surface area contributed by atoms with Crippen LogP contribution in [0.25, 0.3) is 0 Å². The van der Waals surface area contributed by atoms with Gasteiger partial charge in [-0.2, -0.15) is 13.2 Å². The minimum Gasteiger partial charge on any atom is -0.357 e. The molecule has 0 saturated heterocycles. The molecule has 0 fully saturated rings. The molecular weight excluding hydrogens is 360 g/mol. The third kappa shape index (κ3) is 6.54. The van der Waals surface area contributed by atoms with Crippen molar-refractivity contribution >= 4 is 5.96 Å². The van der Waals surface area contributed by atoms with Crippen LogP contribution in [-0.4, -0.2) is 24.0 Å². The molecule has 0 radical (unpaired) electrons. The summed E-state index contributed by atoms with van der Waals surface area (Å²) in [6.45, 7) is 4.67. The van der Waals surface area contributed by atoms with Gasteiger partial charge >= 0.3 is 6.18 Å². The summed E-state index contributed by atoms with van der Waals surface area (Å²) in [5.41, 5.74) is 0.889. The zero-order valence-corrected chi connectivity index (χ0v) is 15.2. The maximum absolute atomic E-state index is 13.2. The third-order valence-corrected chi connectivity index (χ3v) is 3.81. The number of halogens is 4. The number of hydrogen-bond acceptors (Lipinski definition) is 2. The van der Waals surface area contributed by atoms with E-state index in [-0.39, 0.29) is 12.1 Å². The van der Waals surface area contributed by atoms with Gasteiger partial charge in [0.05, 0.1) is 12.1 Å². The number of alkyl halides is 3. The molecule has 27 heavy (non-hydrogen) atoms. The largest absolute Gasteiger partial charge is 0.416 e. The predicted octanol–water partition coefficient (Wildman–Crippen LogP) is 3.85. The van der Waals surface area contributed by atoms with E-state index in [1.807, 2.05) is 26.0 Å². The second-order valence-electron chi connectivity index (χ2n) is 5.98. The molecule has 8 heteroatoms. The van der Waals surface area contributed by atoms with Gasteiger partial charge in [0, 0.05) is 25.0 Å². The summed E-state index contributed by atoms with van der Waals surface area (Å²) in [5.74, 6) is -0.526. The van der Waals surface area contributed by atoms with E-state index in [1.54, 1.807) is 6.20 Å². The number of nitrogens with one attached hydrogen (secondary N) is 2. The van der Waals surface area contributed by atoms with Gasteiger partial charge in [0.1, 0.15) is 5.82 Å². The molecule has 0 aliphatic rings. The van der Waals surface area contributed by atoms with Crippen LogP contribution in [0.4, 0.5) is 17.6 Å². The Bertz CT molecular complexity index is 770. The first kappa shape index (κ1) is 20.7. The van der Waals surface area contributed by atoms with Gasteiger partial charge in [0.25, 0.3) is 0 Å². The molecule has 4 nitrogen and oxygen atoms in total. The number of pyridine rings is 1. The molecule has 0 atom stereocenters. The lowest BCUT2D eigenvalue weighted by molar-refractivity contribution is -0.138. The molecule has 1 aromatic carbocycles.